The minimum atomic E-state index is -0.413. The summed E-state index contributed by atoms with van der Waals surface area (Å²) < 4.78 is 6.86. The van der Waals surface area contributed by atoms with E-state index in [2.05, 4.69) is 21.7 Å². The number of aryl methyl sites for hydroxylation is 1. The molecular formula is C19H17ClN2O2. The number of hydrogen-bond donors (Lipinski definition) is 0. The van der Waals surface area contributed by atoms with E-state index in [9.17, 15) is 4.79 Å². The molecule has 0 bridgehead atoms. The fraction of sp³-hybridized carbons (Fsp3) is 0.158. The standard InChI is InChI=1S/C19H17ClN2O2/c1-12-15(14-6-4-5-7-18(14)22(12)2)11-21-17-10-13(19(23)24-3)8-9-16(17)20/h4-11H,1-3H3. The van der Waals surface area contributed by atoms with E-state index in [1.165, 1.54) is 7.11 Å². The van der Waals surface area contributed by atoms with Gasteiger partial charge in [0.2, 0.25) is 0 Å². The molecule has 0 aliphatic carbocycles. The topological polar surface area (TPSA) is 43.6 Å². The van der Waals surface area contributed by atoms with Crippen LogP contribution in [0.1, 0.15) is 21.6 Å². The van der Waals surface area contributed by atoms with Gasteiger partial charge in [0.05, 0.1) is 23.4 Å². The number of para-hydroxylation sites is 1. The van der Waals surface area contributed by atoms with Crippen LogP contribution < -0.4 is 0 Å². The molecule has 3 rings (SSSR count). The van der Waals surface area contributed by atoms with Crippen LogP contribution in [-0.4, -0.2) is 23.9 Å². The molecular weight excluding hydrogens is 324 g/mol. The van der Waals surface area contributed by atoms with Crippen LogP contribution in [0.2, 0.25) is 5.02 Å². The first-order valence-corrected chi connectivity index (χ1v) is 7.86. The van der Waals surface area contributed by atoms with Crippen molar-refractivity contribution in [3.63, 3.8) is 0 Å². The zero-order chi connectivity index (χ0) is 17.3. The number of rotatable bonds is 3. The van der Waals surface area contributed by atoms with Crippen LogP contribution in [0.3, 0.4) is 0 Å². The first-order chi connectivity index (χ1) is 11.5. The predicted molar refractivity (Wildman–Crippen MR) is 97.7 cm³/mol. The molecule has 0 amide bonds. The average Bonchev–Trinajstić information content (AvgIpc) is 2.85. The van der Waals surface area contributed by atoms with Crippen molar-refractivity contribution in [2.45, 2.75) is 6.92 Å². The van der Waals surface area contributed by atoms with Crippen molar-refractivity contribution in [3.8, 4) is 0 Å². The maximum atomic E-state index is 11.7. The molecule has 2 aromatic carbocycles. The fourth-order valence-electron chi connectivity index (χ4n) is 2.70. The molecule has 1 aromatic heterocycles. The molecule has 0 radical (unpaired) electrons. The number of aliphatic imine (C=N–C) groups is 1. The predicted octanol–water partition coefficient (Wildman–Crippen LogP) is 4.68. The van der Waals surface area contributed by atoms with Crippen LogP contribution in [0.5, 0.6) is 0 Å². The first kappa shape index (κ1) is 16.3. The van der Waals surface area contributed by atoms with Gasteiger partial charge in [-0.3, -0.25) is 4.99 Å². The zero-order valence-electron chi connectivity index (χ0n) is 13.7. The van der Waals surface area contributed by atoms with Crippen molar-refractivity contribution in [2.24, 2.45) is 12.0 Å². The van der Waals surface area contributed by atoms with Gasteiger partial charge in [-0.2, -0.15) is 0 Å². The van der Waals surface area contributed by atoms with Crippen LogP contribution >= 0.6 is 11.6 Å². The number of esters is 1. The summed E-state index contributed by atoms with van der Waals surface area (Å²) in [7, 11) is 3.37. The molecule has 5 heteroatoms. The molecule has 0 fully saturated rings. The molecule has 0 saturated heterocycles. The molecule has 0 unspecified atom stereocenters. The van der Waals surface area contributed by atoms with Crippen molar-refractivity contribution >= 4 is 40.4 Å². The third-order valence-corrected chi connectivity index (χ3v) is 4.47. The lowest BCUT2D eigenvalue weighted by atomic mass is 10.1. The number of carbonyl (C=O) groups is 1. The van der Waals surface area contributed by atoms with Crippen molar-refractivity contribution in [3.05, 3.63) is 64.3 Å². The lowest BCUT2D eigenvalue weighted by molar-refractivity contribution is 0.0601. The number of methoxy groups -OCH3 is 1. The highest BCUT2D eigenvalue weighted by Gasteiger charge is 2.11. The Kier molecular flexibility index (Phi) is 4.40. The van der Waals surface area contributed by atoms with Gasteiger partial charge >= 0.3 is 5.97 Å². The molecule has 0 aliphatic rings. The second-order valence-electron chi connectivity index (χ2n) is 5.49. The Bertz CT molecular complexity index is 957. The molecule has 0 N–H and O–H groups in total. The van der Waals surface area contributed by atoms with Gasteiger partial charge in [-0.05, 0) is 31.2 Å². The summed E-state index contributed by atoms with van der Waals surface area (Å²) in [5.74, 6) is -0.413. The largest absolute Gasteiger partial charge is 0.465 e. The van der Waals surface area contributed by atoms with E-state index in [0.717, 1.165) is 22.2 Å². The Hall–Kier alpha value is -2.59. The van der Waals surface area contributed by atoms with Gasteiger partial charge in [-0.15, -0.1) is 0 Å². The number of carbonyl (C=O) groups excluding carboxylic acids is 1. The third kappa shape index (κ3) is 2.81. The third-order valence-electron chi connectivity index (χ3n) is 4.15. The summed E-state index contributed by atoms with van der Waals surface area (Å²) in [4.78, 5) is 16.2. The van der Waals surface area contributed by atoms with Gasteiger partial charge in [0.1, 0.15) is 0 Å². The molecule has 0 saturated carbocycles. The van der Waals surface area contributed by atoms with Crippen LogP contribution in [0, 0.1) is 6.92 Å². The van der Waals surface area contributed by atoms with Gasteiger partial charge in [0.25, 0.3) is 0 Å². The molecule has 4 nitrogen and oxygen atoms in total. The number of hydrogen-bond acceptors (Lipinski definition) is 3. The van der Waals surface area contributed by atoms with Gasteiger partial charge in [-0.25, -0.2) is 4.79 Å². The lowest BCUT2D eigenvalue weighted by Gasteiger charge is -2.03. The summed E-state index contributed by atoms with van der Waals surface area (Å²) in [5.41, 5.74) is 4.24. The van der Waals surface area contributed by atoms with Crippen LogP contribution in [0.25, 0.3) is 10.9 Å². The van der Waals surface area contributed by atoms with E-state index in [0.29, 0.717) is 16.3 Å². The highest BCUT2D eigenvalue weighted by Crippen LogP contribution is 2.28. The van der Waals surface area contributed by atoms with E-state index in [-0.39, 0.29) is 0 Å². The van der Waals surface area contributed by atoms with Crippen molar-refractivity contribution < 1.29 is 9.53 Å². The van der Waals surface area contributed by atoms with E-state index in [1.54, 1.807) is 24.4 Å². The molecule has 0 spiro atoms. The summed E-state index contributed by atoms with van der Waals surface area (Å²) in [6.45, 7) is 2.05. The number of benzene rings is 2. The SMILES string of the molecule is COC(=O)c1ccc(Cl)c(N=Cc2c(C)n(C)c3ccccc23)c1. The van der Waals surface area contributed by atoms with E-state index in [4.69, 9.17) is 16.3 Å². The first-order valence-electron chi connectivity index (χ1n) is 7.49. The van der Waals surface area contributed by atoms with Crippen molar-refractivity contribution in [1.82, 2.24) is 4.57 Å². The number of nitrogens with zero attached hydrogens (tertiary/aromatic N) is 2. The fourth-order valence-corrected chi connectivity index (χ4v) is 2.87. The highest BCUT2D eigenvalue weighted by molar-refractivity contribution is 6.33. The maximum absolute atomic E-state index is 11.7. The number of aromatic nitrogens is 1. The summed E-state index contributed by atoms with van der Waals surface area (Å²) in [5, 5.41) is 1.61. The van der Waals surface area contributed by atoms with Gasteiger partial charge in [-0.1, -0.05) is 29.8 Å². The van der Waals surface area contributed by atoms with E-state index < -0.39 is 5.97 Å². The second kappa shape index (κ2) is 6.49. The molecule has 0 aliphatic heterocycles. The van der Waals surface area contributed by atoms with Gasteiger partial charge in [0.15, 0.2) is 0 Å². The molecule has 3 aromatic rings. The van der Waals surface area contributed by atoms with Crippen molar-refractivity contribution in [2.75, 3.05) is 7.11 Å². The number of fused-ring (bicyclic) bond motifs is 1. The second-order valence-corrected chi connectivity index (χ2v) is 5.90. The Labute approximate surface area is 145 Å². The van der Waals surface area contributed by atoms with E-state index >= 15 is 0 Å². The van der Waals surface area contributed by atoms with Gasteiger partial charge in [0, 0.05) is 35.4 Å². The summed E-state index contributed by atoms with van der Waals surface area (Å²) >= 11 is 6.20. The quantitative estimate of drug-likeness (QED) is 0.513. The molecule has 0 atom stereocenters. The molecule has 122 valence electrons. The Morgan fingerprint density at radius 3 is 2.75 bits per heavy atom. The minimum absolute atomic E-state index is 0.413. The average molecular weight is 341 g/mol. The van der Waals surface area contributed by atoms with Crippen LogP contribution in [-0.2, 0) is 11.8 Å². The van der Waals surface area contributed by atoms with Gasteiger partial charge < -0.3 is 9.30 Å². The maximum Gasteiger partial charge on any atom is 0.337 e. The monoisotopic (exact) mass is 340 g/mol. The molecule has 24 heavy (non-hydrogen) atoms. The summed E-state index contributed by atoms with van der Waals surface area (Å²) in [6.07, 6.45) is 1.79. The summed E-state index contributed by atoms with van der Waals surface area (Å²) in [6, 6.07) is 13.1. The normalized spacial score (nSPS) is 11.3. The highest BCUT2D eigenvalue weighted by atomic mass is 35.5. The minimum Gasteiger partial charge on any atom is -0.465 e. The smallest absolute Gasteiger partial charge is 0.337 e. The Balaban J connectivity index is 2.06. The van der Waals surface area contributed by atoms with Crippen LogP contribution in [0.4, 0.5) is 5.69 Å². The Morgan fingerprint density at radius 2 is 2.00 bits per heavy atom. The van der Waals surface area contributed by atoms with Crippen molar-refractivity contribution in [1.29, 1.82) is 0 Å². The number of ether oxygens (including phenoxy) is 1. The van der Waals surface area contributed by atoms with Crippen LogP contribution in [0.15, 0.2) is 47.5 Å². The van der Waals surface area contributed by atoms with E-state index in [1.807, 2.05) is 26.1 Å². The molecule has 1 heterocycles. The Morgan fingerprint density at radius 1 is 1.25 bits per heavy atom. The zero-order valence-corrected chi connectivity index (χ0v) is 14.5. The lowest BCUT2D eigenvalue weighted by Crippen LogP contribution is -2.00. The number of halogens is 1.